The summed E-state index contributed by atoms with van der Waals surface area (Å²) in [6, 6.07) is 14.9. The summed E-state index contributed by atoms with van der Waals surface area (Å²) in [6.45, 7) is 2.66. The van der Waals surface area contributed by atoms with Crippen LogP contribution in [-0.4, -0.2) is 29.6 Å². The van der Waals surface area contributed by atoms with Crippen LogP contribution in [0.15, 0.2) is 42.5 Å². The molecule has 19 heavy (non-hydrogen) atoms. The number of carboxylic acid groups (broad SMARTS) is 1. The molecule has 0 saturated carbocycles. The van der Waals surface area contributed by atoms with Gasteiger partial charge in [0.15, 0.2) is 0 Å². The van der Waals surface area contributed by atoms with Crippen molar-refractivity contribution in [3.8, 4) is 0 Å². The number of hydrogen-bond acceptors (Lipinski definition) is 2. The molecule has 0 radical (unpaired) electrons. The second kappa shape index (κ2) is 5.85. The van der Waals surface area contributed by atoms with Gasteiger partial charge in [0.2, 0.25) is 0 Å². The van der Waals surface area contributed by atoms with Crippen LogP contribution < -0.4 is 0 Å². The zero-order chi connectivity index (χ0) is 13.8. The normalized spacial score (nSPS) is 12.8. The van der Waals surface area contributed by atoms with Gasteiger partial charge < -0.3 is 5.11 Å². The Balaban J connectivity index is 2.16. The molecule has 1 unspecified atom stereocenters. The SMILES string of the molecule is CC(c1ccc2ccccc2c1)N(C)CCC(=O)O. The molecule has 1 atom stereocenters. The number of fused-ring (bicyclic) bond motifs is 1. The van der Waals surface area contributed by atoms with Gasteiger partial charge in [0.1, 0.15) is 0 Å². The lowest BCUT2D eigenvalue weighted by molar-refractivity contribution is -0.137. The van der Waals surface area contributed by atoms with E-state index in [-0.39, 0.29) is 12.5 Å². The number of benzene rings is 2. The third kappa shape index (κ3) is 3.32. The highest BCUT2D eigenvalue weighted by molar-refractivity contribution is 5.83. The summed E-state index contributed by atoms with van der Waals surface area (Å²) in [7, 11) is 1.96. The Morgan fingerprint density at radius 2 is 1.89 bits per heavy atom. The van der Waals surface area contributed by atoms with Crippen molar-refractivity contribution in [2.24, 2.45) is 0 Å². The smallest absolute Gasteiger partial charge is 0.304 e. The molecule has 0 heterocycles. The van der Waals surface area contributed by atoms with Gasteiger partial charge in [-0.25, -0.2) is 0 Å². The highest BCUT2D eigenvalue weighted by atomic mass is 16.4. The molecular formula is C16H19NO2. The quantitative estimate of drug-likeness (QED) is 0.893. The van der Waals surface area contributed by atoms with Gasteiger partial charge in [-0.1, -0.05) is 36.4 Å². The van der Waals surface area contributed by atoms with Crippen LogP contribution in [0.3, 0.4) is 0 Å². The lowest BCUT2D eigenvalue weighted by Gasteiger charge is -2.24. The van der Waals surface area contributed by atoms with Gasteiger partial charge in [0.05, 0.1) is 6.42 Å². The molecule has 1 N–H and O–H groups in total. The van der Waals surface area contributed by atoms with E-state index >= 15 is 0 Å². The first kappa shape index (κ1) is 13.6. The summed E-state index contributed by atoms with van der Waals surface area (Å²) in [5.74, 6) is -0.752. The number of carbonyl (C=O) groups is 1. The zero-order valence-corrected chi connectivity index (χ0v) is 11.3. The Morgan fingerprint density at radius 1 is 1.21 bits per heavy atom. The maximum absolute atomic E-state index is 10.6. The lowest BCUT2D eigenvalue weighted by Crippen LogP contribution is -2.25. The van der Waals surface area contributed by atoms with Crippen LogP contribution in [0.5, 0.6) is 0 Å². The first-order valence-electron chi connectivity index (χ1n) is 6.48. The predicted molar refractivity (Wildman–Crippen MR) is 77.2 cm³/mol. The van der Waals surface area contributed by atoms with Gasteiger partial charge in [0, 0.05) is 12.6 Å². The highest BCUT2D eigenvalue weighted by Crippen LogP contribution is 2.23. The molecule has 0 aliphatic carbocycles. The minimum atomic E-state index is -0.752. The average Bonchev–Trinajstić information content (AvgIpc) is 2.43. The molecule has 2 rings (SSSR count). The molecule has 0 aromatic heterocycles. The maximum atomic E-state index is 10.6. The molecule has 0 bridgehead atoms. The van der Waals surface area contributed by atoms with E-state index in [2.05, 4.69) is 42.2 Å². The highest BCUT2D eigenvalue weighted by Gasteiger charge is 2.12. The molecule has 2 aromatic rings. The van der Waals surface area contributed by atoms with E-state index in [1.807, 2.05) is 19.2 Å². The molecule has 3 nitrogen and oxygen atoms in total. The Labute approximate surface area is 113 Å². The minimum absolute atomic E-state index is 0.175. The lowest BCUT2D eigenvalue weighted by atomic mass is 10.0. The topological polar surface area (TPSA) is 40.5 Å². The van der Waals surface area contributed by atoms with E-state index in [0.717, 1.165) is 0 Å². The van der Waals surface area contributed by atoms with Crippen molar-refractivity contribution in [2.75, 3.05) is 13.6 Å². The molecule has 3 heteroatoms. The molecular weight excluding hydrogens is 238 g/mol. The van der Waals surface area contributed by atoms with E-state index in [1.54, 1.807) is 0 Å². The molecule has 0 spiro atoms. The fourth-order valence-corrected chi connectivity index (χ4v) is 2.19. The molecule has 0 aliphatic rings. The number of rotatable bonds is 5. The predicted octanol–water partition coefficient (Wildman–Crippen LogP) is 3.31. The number of carboxylic acids is 1. The van der Waals surface area contributed by atoms with Crippen LogP contribution in [0.2, 0.25) is 0 Å². The third-order valence-corrected chi connectivity index (χ3v) is 3.60. The van der Waals surface area contributed by atoms with Crippen LogP contribution >= 0.6 is 0 Å². The number of aliphatic carboxylic acids is 1. The van der Waals surface area contributed by atoms with E-state index in [0.29, 0.717) is 6.54 Å². The van der Waals surface area contributed by atoms with Crippen LogP contribution in [0.25, 0.3) is 10.8 Å². The van der Waals surface area contributed by atoms with Crippen LogP contribution in [0, 0.1) is 0 Å². The number of hydrogen-bond donors (Lipinski definition) is 1. The first-order chi connectivity index (χ1) is 9.08. The van der Waals surface area contributed by atoms with Crippen molar-refractivity contribution in [1.29, 1.82) is 0 Å². The van der Waals surface area contributed by atoms with Gasteiger partial charge in [0.25, 0.3) is 0 Å². The van der Waals surface area contributed by atoms with Crippen LogP contribution in [0.4, 0.5) is 0 Å². The van der Waals surface area contributed by atoms with Crippen molar-refractivity contribution in [1.82, 2.24) is 4.90 Å². The van der Waals surface area contributed by atoms with Crippen molar-refractivity contribution in [2.45, 2.75) is 19.4 Å². The average molecular weight is 257 g/mol. The summed E-state index contributed by atoms with van der Waals surface area (Å²) >= 11 is 0. The van der Waals surface area contributed by atoms with Gasteiger partial charge >= 0.3 is 5.97 Å². The van der Waals surface area contributed by atoms with E-state index < -0.39 is 5.97 Å². The Bertz CT molecular complexity index is 580. The molecule has 0 saturated heterocycles. The maximum Gasteiger partial charge on any atom is 0.304 e. The first-order valence-corrected chi connectivity index (χ1v) is 6.48. The second-order valence-electron chi connectivity index (χ2n) is 4.91. The standard InChI is InChI=1S/C16H19NO2/c1-12(17(2)10-9-16(18)19)14-8-7-13-5-3-4-6-15(13)11-14/h3-8,11-12H,9-10H2,1-2H3,(H,18,19). The van der Waals surface area contributed by atoms with Crippen LogP contribution in [0.1, 0.15) is 24.9 Å². The van der Waals surface area contributed by atoms with Gasteiger partial charge in [-0.05, 0) is 36.4 Å². The van der Waals surface area contributed by atoms with Crippen molar-refractivity contribution in [3.63, 3.8) is 0 Å². The Morgan fingerprint density at radius 3 is 2.58 bits per heavy atom. The third-order valence-electron chi connectivity index (χ3n) is 3.60. The summed E-state index contributed by atoms with van der Waals surface area (Å²) in [5.41, 5.74) is 1.21. The largest absolute Gasteiger partial charge is 0.481 e. The summed E-state index contributed by atoms with van der Waals surface area (Å²) in [6.07, 6.45) is 0.175. The molecule has 0 amide bonds. The summed E-state index contributed by atoms with van der Waals surface area (Å²) in [4.78, 5) is 12.7. The summed E-state index contributed by atoms with van der Waals surface area (Å²) in [5, 5.41) is 11.2. The van der Waals surface area contributed by atoms with E-state index in [4.69, 9.17) is 5.11 Å². The monoisotopic (exact) mass is 257 g/mol. The van der Waals surface area contributed by atoms with E-state index in [9.17, 15) is 4.79 Å². The van der Waals surface area contributed by atoms with Gasteiger partial charge in [-0.3, -0.25) is 9.69 Å². The molecule has 2 aromatic carbocycles. The zero-order valence-electron chi connectivity index (χ0n) is 11.3. The summed E-state index contributed by atoms with van der Waals surface area (Å²) < 4.78 is 0. The second-order valence-corrected chi connectivity index (χ2v) is 4.91. The number of nitrogens with zero attached hydrogens (tertiary/aromatic N) is 1. The Hall–Kier alpha value is -1.87. The van der Waals surface area contributed by atoms with Gasteiger partial charge in [-0.2, -0.15) is 0 Å². The van der Waals surface area contributed by atoms with Gasteiger partial charge in [-0.15, -0.1) is 0 Å². The van der Waals surface area contributed by atoms with Crippen LogP contribution in [-0.2, 0) is 4.79 Å². The molecule has 100 valence electrons. The van der Waals surface area contributed by atoms with E-state index in [1.165, 1.54) is 16.3 Å². The molecule has 0 aliphatic heterocycles. The molecule has 0 fully saturated rings. The fraction of sp³-hybridized carbons (Fsp3) is 0.312. The minimum Gasteiger partial charge on any atom is -0.481 e. The fourth-order valence-electron chi connectivity index (χ4n) is 2.19. The van der Waals surface area contributed by atoms with Crippen molar-refractivity contribution < 1.29 is 9.90 Å². The Kier molecular flexibility index (Phi) is 4.17. The van der Waals surface area contributed by atoms with Crippen molar-refractivity contribution >= 4 is 16.7 Å². The van der Waals surface area contributed by atoms with Crippen molar-refractivity contribution in [3.05, 3.63) is 48.0 Å².